The predicted octanol–water partition coefficient (Wildman–Crippen LogP) is 2.36. The molecule has 21 heavy (non-hydrogen) atoms. The SMILES string of the molecule is O=C(O)CC(O)(O)CC(c1ccccc1)c1ccccc1. The van der Waals surface area contributed by atoms with Crippen LogP contribution in [0.4, 0.5) is 0 Å². The first-order valence-corrected chi connectivity index (χ1v) is 6.74. The van der Waals surface area contributed by atoms with E-state index in [9.17, 15) is 15.0 Å². The van der Waals surface area contributed by atoms with Crippen LogP contribution in [0.15, 0.2) is 60.7 Å². The van der Waals surface area contributed by atoms with Gasteiger partial charge in [0.2, 0.25) is 0 Å². The zero-order valence-electron chi connectivity index (χ0n) is 11.5. The molecule has 0 amide bonds. The lowest BCUT2D eigenvalue weighted by molar-refractivity contribution is -0.185. The Morgan fingerprint density at radius 2 is 1.33 bits per heavy atom. The minimum atomic E-state index is -2.25. The van der Waals surface area contributed by atoms with E-state index < -0.39 is 18.2 Å². The van der Waals surface area contributed by atoms with Crippen molar-refractivity contribution in [3.05, 3.63) is 71.8 Å². The van der Waals surface area contributed by atoms with Gasteiger partial charge in [0.1, 0.15) is 0 Å². The monoisotopic (exact) mass is 286 g/mol. The first-order valence-electron chi connectivity index (χ1n) is 6.74. The molecule has 2 aromatic carbocycles. The molecule has 0 heterocycles. The zero-order chi connectivity index (χ0) is 15.3. The van der Waals surface area contributed by atoms with Gasteiger partial charge in [-0.2, -0.15) is 0 Å². The largest absolute Gasteiger partial charge is 0.481 e. The second-order valence-corrected chi connectivity index (χ2v) is 5.13. The van der Waals surface area contributed by atoms with Crippen LogP contribution in [-0.2, 0) is 4.79 Å². The van der Waals surface area contributed by atoms with E-state index in [1.54, 1.807) is 0 Å². The minimum Gasteiger partial charge on any atom is -0.481 e. The molecule has 4 heteroatoms. The number of benzene rings is 2. The topological polar surface area (TPSA) is 77.8 Å². The summed E-state index contributed by atoms with van der Waals surface area (Å²) in [6.45, 7) is 0. The van der Waals surface area contributed by atoms with Crippen LogP contribution in [0, 0.1) is 0 Å². The van der Waals surface area contributed by atoms with Crippen LogP contribution in [0.3, 0.4) is 0 Å². The van der Waals surface area contributed by atoms with E-state index in [1.165, 1.54) is 0 Å². The zero-order valence-corrected chi connectivity index (χ0v) is 11.5. The summed E-state index contributed by atoms with van der Waals surface area (Å²) >= 11 is 0. The summed E-state index contributed by atoms with van der Waals surface area (Å²) < 4.78 is 0. The molecular weight excluding hydrogens is 268 g/mol. The van der Waals surface area contributed by atoms with Crippen LogP contribution in [0.1, 0.15) is 29.9 Å². The third kappa shape index (κ3) is 4.41. The van der Waals surface area contributed by atoms with Gasteiger partial charge in [-0.05, 0) is 11.1 Å². The van der Waals surface area contributed by atoms with E-state index >= 15 is 0 Å². The maximum atomic E-state index is 10.7. The molecule has 3 N–H and O–H groups in total. The lowest BCUT2D eigenvalue weighted by Gasteiger charge is -2.26. The summed E-state index contributed by atoms with van der Waals surface area (Å²) in [6, 6.07) is 18.9. The fourth-order valence-electron chi connectivity index (χ4n) is 2.44. The highest BCUT2D eigenvalue weighted by Gasteiger charge is 2.31. The lowest BCUT2D eigenvalue weighted by atomic mass is 9.85. The molecule has 0 aliphatic heterocycles. The van der Waals surface area contributed by atoms with Gasteiger partial charge >= 0.3 is 5.97 Å². The van der Waals surface area contributed by atoms with Crippen molar-refractivity contribution in [2.24, 2.45) is 0 Å². The van der Waals surface area contributed by atoms with Crippen LogP contribution in [-0.4, -0.2) is 27.1 Å². The number of aliphatic carboxylic acids is 1. The van der Waals surface area contributed by atoms with Gasteiger partial charge in [0.05, 0.1) is 6.42 Å². The predicted molar refractivity (Wildman–Crippen MR) is 78.8 cm³/mol. The molecule has 0 saturated carbocycles. The first-order chi connectivity index (χ1) is 9.98. The molecule has 2 rings (SSSR count). The Hall–Kier alpha value is -2.17. The van der Waals surface area contributed by atoms with Gasteiger partial charge < -0.3 is 15.3 Å². The van der Waals surface area contributed by atoms with Gasteiger partial charge in [-0.3, -0.25) is 4.79 Å². The Morgan fingerprint density at radius 1 is 0.905 bits per heavy atom. The average molecular weight is 286 g/mol. The molecule has 0 aromatic heterocycles. The van der Waals surface area contributed by atoms with Crippen LogP contribution in [0.2, 0.25) is 0 Å². The highest BCUT2D eigenvalue weighted by atomic mass is 16.5. The maximum absolute atomic E-state index is 10.7. The van der Waals surface area contributed by atoms with Crippen molar-refractivity contribution in [3.63, 3.8) is 0 Å². The van der Waals surface area contributed by atoms with Crippen molar-refractivity contribution < 1.29 is 20.1 Å². The Bertz CT molecular complexity index is 539. The van der Waals surface area contributed by atoms with Crippen LogP contribution >= 0.6 is 0 Å². The number of hydrogen-bond donors (Lipinski definition) is 3. The molecule has 0 radical (unpaired) electrons. The van der Waals surface area contributed by atoms with Gasteiger partial charge in [-0.25, -0.2) is 0 Å². The summed E-state index contributed by atoms with van der Waals surface area (Å²) in [5, 5.41) is 28.7. The molecule has 0 bridgehead atoms. The third-order valence-corrected chi connectivity index (χ3v) is 3.37. The average Bonchev–Trinajstić information content (AvgIpc) is 2.45. The summed E-state index contributed by atoms with van der Waals surface area (Å²) in [5.74, 6) is -3.76. The Labute approximate surface area is 123 Å². The second-order valence-electron chi connectivity index (χ2n) is 5.13. The van der Waals surface area contributed by atoms with Gasteiger partial charge in [-0.15, -0.1) is 0 Å². The Kier molecular flexibility index (Phi) is 4.73. The number of carboxylic acids is 1. The van der Waals surface area contributed by atoms with E-state index in [0.717, 1.165) is 11.1 Å². The molecule has 0 aliphatic rings. The lowest BCUT2D eigenvalue weighted by Crippen LogP contribution is -2.33. The molecule has 0 fully saturated rings. The summed E-state index contributed by atoms with van der Waals surface area (Å²) in [4.78, 5) is 10.7. The highest BCUT2D eigenvalue weighted by Crippen LogP contribution is 2.32. The van der Waals surface area contributed by atoms with E-state index in [4.69, 9.17) is 5.11 Å². The van der Waals surface area contributed by atoms with E-state index in [-0.39, 0.29) is 12.3 Å². The Balaban J connectivity index is 2.31. The van der Waals surface area contributed by atoms with E-state index in [0.29, 0.717) is 0 Å². The molecule has 2 aromatic rings. The summed E-state index contributed by atoms with van der Waals surface area (Å²) in [6.07, 6.45) is -0.781. The fourth-order valence-corrected chi connectivity index (χ4v) is 2.44. The molecule has 0 spiro atoms. The number of carboxylic acid groups (broad SMARTS) is 1. The molecule has 110 valence electrons. The molecule has 0 saturated heterocycles. The molecular formula is C17H18O4. The number of aliphatic hydroxyl groups is 2. The van der Waals surface area contributed by atoms with Crippen LogP contribution in [0.5, 0.6) is 0 Å². The maximum Gasteiger partial charge on any atom is 0.308 e. The first kappa shape index (κ1) is 15.2. The number of rotatable bonds is 6. The van der Waals surface area contributed by atoms with Crippen LogP contribution < -0.4 is 0 Å². The fraction of sp³-hybridized carbons (Fsp3) is 0.235. The van der Waals surface area contributed by atoms with Gasteiger partial charge in [0.15, 0.2) is 5.79 Å². The van der Waals surface area contributed by atoms with Crippen molar-refractivity contribution in [2.75, 3.05) is 0 Å². The van der Waals surface area contributed by atoms with E-state index in [2.05, 4.69) is 0 Å². The van der Waals surface area contributed by atoms with Gasteiger partial charge in [0.25, 0.3) is 0 Å². The smallest absolute Gasteiger partial charge is 0.308 e. The molecule has 0 unspecified atom stereocenters. The van der Waals surface area contributed by atoms with Crippen molar-refractivity contribution in [1.29, 1.82) is 0 Å². The molecule has 0 atom stereocenters. The van der Waals surface area contributed by atoms with Crippen molar-refractivity contribution in [3.8, 4) is 0 Å². The molecule has 4 nitrogen and oxygen atoms in total. The quantitative estimate of drug-likeness (QED) is 0.712. The Morgan fingerprint density at radius 3 is 1.71 bits per heavy atom. The number of hydrogen-bond acceptors (Lipinski definition) is 3. The van der Waals surface area contributed by atoms with Gasteiger partial charge in [0, 0.05) is 12.3 Å². The normalized spacial score (nSPS) is 11.6. The van der Waals surface area contributed by atoms with E-state index in [1.807, 2.05) is 60.7 Å². The van der Waals surface area contributed by atoms with Crippen LogP contribution in [0.25, 0.3) is 0 Å². The van der Waals surface area contributed by atoms with Gasteiger partial charge in [-0.1, -0.05) is 60.7 Å². The van der Waals surface area contributed by atoms with Crippen molar-refractivity contribution >= 4 is 5.97 Å². The molecule has 0 aliphatic carbocycles. The standard InChI is InChI=1S/C17H18O4/c18-16(19)12-17(20,21)11-15(13-7-3-1-4-8-13)14-9-5-2-6-10-14/h1-10,15,20-21H,11-12H2,(H,18,19). The second kappa shape index (κ2) is 6.52. The minimum absolute atomic E-state index is 0.0761. The summed E-state index contributed by atoms with van der Waals surface area (Å²) in [5.41, 5.74) is 1.84. The van der Waals surface area contributed by atoms with Crippen molar-refractivity contribution in [2.45, 2.75) is 24.5 Å². The number of carbonyl (C=O) groups is 1. The third-order valence-electron chi connectivity index (χ3n) is 3.37. The summed E-state index contributed by atoms with van der Waals surface area (Å²) in [7, 11) is 0. The van der Waals surface area contributed by atoms with Crippen molar-refractivity contribution in [1.82, 2.24) is 0 Å². The highest BCUT2D eigenvalue weighted by molar-refractivity contribution is 5.67.